The van der Waals surface area contributed by atoms with Gasteiger partial charge in [0.2, 0.25) is 0 Å². The van der Waals surface area contributed by atoms with E-state index in [-0.39, 0.29) is 5.41 Å². The van der Waals surface area contributed by atoms with Gasteiger partial charge in [0.15, 0.2) is 5.78 Å². The van der Waals surface area contributed by atoms with Crippen molar-refractivity contribution in [2.24, 2.45) is 17.3 Å². The van der Waals surface area contributed by atoms with Crippen molar-refractivity contribution in [2.75, 3.05) is 0 Å². The Labute approximate surface area is 152 Å². The van der Waals surface area contributed by atoms with Gasteiger partial charge in [0.05, 0.1) is 0 Å². The Morgan fingerprint density at radius 3 is 2.96 bits per heavy atom. The molecule has 0 amide bonds. The van der Waals surface area contributed by atoms with Crippen molar-refractivity contribution in [2.45, 2.75) is 65.7 Å². The normalized spacial score (nSPS) is 27.2. The molecular weight excluding hydrogens is 306 g/mol. The second kappa shape index (κ2) is 7.68. The second-order valence-electron chi connectivity index (χ2n) is 8.44. The van der Waals surface area contributed by atoms with Gasteiger partial charge >= 0.3 is 0 Å². The zero-order valence-corrected chi connectivity index (χ0v) is 15.9. The highest BCUT2D eigenvalue weighted by Crippen LogP contribution is 2.49. The van der Waals surface area contributed by atoms with Crippen LogP contribution in [0.1, 0.15) is 71.3 Å². The van der Waals surface area contributed by atoms with E-state index in [9.17, 15) is 4.79 Å². The van der Waals surface area contributed by atoms with Gasteiger partial charge in [-0.1, -0.05) is 38.5 Å². The average Bonchev–Trinajstić information content (AvgIpc) is 2.59. The van der Waals surface area contributed by atoms with Crippen LogP contribution in [0.2, 0.25) is 0 Å². The lowest BCUT2D eigenvalue weighted by Crippen LogP contribution is -2.32. The van der Waals surface area contributed by atoms with E-state index in [1.807, 2.05) is 24.5 Å². The number of carbonyl (C=O) groups excluding carboxylic acids is 1. The molecule has 2 aliphatic carbocycles. The van der Waals surface area contributed by atoms with Crippen LogP contribution in [-0.2, 0) is 4.79 Å². The number of rotatable bonds is 5. The molecule has 0 bridgehead atoms. The van der Waals surface area contributed by atoms with Crippen molar-refractivity contribution in [3.8, 4) is 0 Å². The summed E-state index contributed by atoms with van der Waals surface area (Å²) >= 11 is 0. The molecule has 0 N–H and O–H groups in total. The number of nitrogens with zero attached hydrogens (tertiary/aromatic N) is 1. The minimum Gasteiger partial charge on any atom is -0.295 e. The van der Waals surface area contributed by atoms with Crippen molar-refractivity contribution in [1.82, 2.24) is 4.98 Å². The summed E-state index contributed by atoms with van der Waals surface area (Å²) in [5.74, 6) is 1.65. The molecule has 2 aliphatic rings. The summed E-state index contributed by atoms with van der Waals surface area (Å²) in [4.78, 5) is 16.0. The van der Waals surface area contributed by atoms with Crippen molar-refractivity contribution in [3.63, 3.8) is 0 Å². The smallest absolute Gasteiger partial charge is 0.155 e. The first-order valence-corrected chi connectivity index (χ1v) is 9.82. The summed E-state index contributed by atoms with van der Waals surface area (Å²) in [6.45, 7) is 6.90. The van der Waals surface area contributed by atoms with Crippen LogP contribution in [-0.4, -0.2) is 10.8 Å². The topological polar surface area (TPSA) is 30.0 Å². The summed E-state index contributed by atoms with van der Waals surface area (Å²) in [6, 6.07) is 4.18. The van der Waals surface area contributed by atoms with E-state index in [0.717, 1.165) is 31.6 Å². The van der Waals surface area contributed by atoms with Gasteiger partial charge in [-0.15, -0.1) is 0 Å². The molecule has 1 fully saturated rings. The number of pyridine rings is 1. The molecule has 0 aliphatic heterocycles. The maximum Gasteiger partial charge on any atom is 0.155 e. The third kappa shape index (κ3) is 4.29. The molecule has 0 aromatic carbocycles. The van der Waals surface area contributed by atoms with E-state index in [1.165, 1.54) is 36.0 Å². The predicted molar refractivity (Wildman–Crippen MR) is 104 cm³/mol. The van der Waals surface area contributed by atoms with Gasteiger partial charge in [-0.2, -0.15) is 0 Å². The molecule has 2 nitrogen and oxygen atoms in total. The molecule has 134 valence electrons. The van der Waals surface area contributed by atoms with Crippen molar-refractivity contribution in [1.29, 1.82) is 0 Å². The van der Waals surface area contributed by atoms with Crippen LogP contribution in [0, 0.1) is 17.3 Å². The molecule has 1 aromatic heterocycles. The van der Waals surface area contributed by atoms with Gasteiger partial charge < -0.3 is 0 Å². The molecule has 0 radical (unpaired) electrons. The van der Waals surface area contributed by atoms with Crippen molar-refractivity contribution < 1.29 is 4.79 Å². The van der Waals surface area contributed by atoms with Crippen molar-refractivity contribution >= 4 is 11.4 Å². The molecule has 1 saturated carbocycles. The first-order valence-electron chi connectivity index (χ1n) is 9.82. The lowest BCUT2D eigenvalue weighted by Gasteiger charge is -2.42. The summed E-state index contributed by atoms with van der Waals surface area (Å²) in [6.07, 6.45) is 16.0. The highest BCUT2D eigenvalue weighted by atomic mass is 16.1. The third-order valence-corrected chi connectivity index (χ3v) is 6.15. The molecule has 2 atom stereocenters. The maximum absolute atomic E-state index is 11.7. The average molecular weight is 338 g/mol. The van der Waals surface area contributed by atoms with E-state index in [4.69, 9.17) is 0 Å². The van der Waals surface area contributed by atoms with E-state index < -0.39 is 0 Å². The van der Waals surface area contributed by atoms with E-state index in [0.29, 0.717) is 11.7 Å². The molecule has 0 unspecified atom stereocenters. The van der Waals surface area contributed by atoms with Crippen LogP contribution in [0.3, 0.4) is 0 Å². The number of aromatic nitrogens is 1. The molecule has 1 heterocycles. The first kappa shape index (κ1) is 18.1. The van der Waals surface area contributed by atoms with E-state index in [2.05, 4.69) is 37.9 Å². The monoisotopic (exact) mass is 337 g/mol. The zero-order chi connectivity index (χ0) is 17.9. The van der Waals surface area contributed by atoms with Crippen LogP contribution < -0.4 is 0 Å². The van der Waals surface area contributed by atoms with Crippen molar-refractivity contribution in [3.05, 3.63) is 47.8 Å². The van der Waals surface area contributed by atoms with Crippen LogP contribution in [0.25, 0.3) is 5.57 Å². The Hall–Kier alpha value is -1.70. The van der Waals surface area contributed by atoms with E-state index in [1.54, 1.807) is 0 Å². The van der Waals surface area contributed by atoms with Gasteiger partial charge in [0.1, 0.15) is 0 Å². The summed E-state index contributed by atoms with van der Waals surface area (Å²) in [7, 11) is 0. The van der Waals surface area contributed by atoms with Crippen LogP contribution >= 0.6 is 0 Å². The fraction of sp³-hybridized carbons (Fsp3) is 0.565. The quantitative estimate of drug-likeness (QED) is 0.660. The Morgan fingerprint density at radius 1 is 1.40 bits per heavy atom. The highest BCUT2D eigenvalue weighted by molar-refractivity contribution is 5.91. The first-order chi connectivity index (χ1) is 12.0. The summed E-state index contributed by atoms with van der Waals surface area (Å²) in [5.41, 5.74) is 4.38. The number of ketones is 1. The number of hydrogen-bond donors (Lipinski definition) is 0. The number of carbonyl (C=O) groups is 1. The summed E-state index contributed by atoms with van der Waals surface area (Å²) in [5, 5.41) is 0. The standard InChI is InChI=1S/C23H31NO/c1-17(2)22(19-7-5-13-24-16-19)8-4-6-18-9-10-20-14-21(25)11-12-23(20,3)15-18/h5,7-8,13-14,16-18H,4,6,9-12,15H2,1-3H3/b22-8+/t18-,23-/m1/s1. The van der Waals surface area contributed by atoms with Crippen LogP contribution in [0.4, 0.5) is 0 Å². The Kier molecular flexibility index (Phi) is 5.56. The minimum absolute atomic E-state index is 0.283. The minimum atomic E-state index is 0.283. The van der Waals surface area contributed by atoms with E-state index >= 15 is 0 Å². The number of allylic oxidation sites excluding steroid dienone is 4. The van der Waals surface area contributed by atoms with Gasteiger partial charge in [-0.05, 0) is 79.1 Å². The Bertz CT molecular complexity index is 671. The highest BCUT2D eigenvalue weighted by Gasteiger charge is 2.38. The molecule has 2 heteroatoms. The number of fused-ring (bicyclic) bond motifs is 1. The van der Waals surface area contributed by atoms with Gasteiger partial charge in [0.25, 0.3) is 0 Å². The predicted octanol–water partition coefficient (Wildman–Crippen LogP) is 6.00. The fourth-order valence-corrected chi connectivity index (χ4v) is 4.65. The Balaban J connectivity index is 1.62. The molecule has 25 heavy (non-hydrogen) atoms. The van der Waals surface area contributed by atoms with Crippen LogP contribution in [0.15, 0.2) is 42.3 Å². The zero-order valence-electron chi connectivity index (χ0n) is 15.9. The fourth-order valence-electron chi connectivity index (χ4n) is 4.65. The summed E-state index contributed by atoms with van der Waals surface area (Å²) < 4.78 is 0. The van der Waals surface area contributed by atoms with Gasteiger partial charge in [-0.25, -0.2) is 0 Å². The molecular formula is C23H31NO. The molecule has 3 rings (SSSR count). The number of hydrogen-bond acceptors (Lipinski definition) is 2. The molecule has 1 aromatic rings. The molecule has 0 spiro atoms. The largest absolute Gasteiger partial charge is 0.295 e. The SMILES string of the molecule is CC(C)/C(=C\CC[C@@H]1CCC2=CC(=O)CC[C@]2(C)C1)c1cccnc1. The second-order valence-corrected chi connectivity index (χ2v) is 8.44. The third-order valence-electron chi connectivity index (χ3n) is 6.15. The van der Waals surface area contributed by atoms with Gasteiger partial charge in [-0.3, -0.25) is 9.78 Å². The lowest BCUT2D eigenvalue weighted by atomic mass is 9.62. The van der Waals surface area contributed by atoms with Crippen LogP contribution in [0.5, 0.6) is 0 Å². The Morgan fingerprint density at radius 2 is 2.24 bits per heavy atom. The molecule has 0 saturated heterocycles. The van der Waals surface area contributed by atoms with Gasteiger partial charge in [0, 0.05) is 18.8 Å². The maximum atomic E-state index is 11.7. The lowest BCUT2D eigenvalue weighted by molar-refractivity contribution is -0.116.